The number of guanidine groups is 1. The molecule has 0 unspecified atom stereocenters. The number of methoxy groups -OCH3 is 1. The summed E-state index contributed by atoms with van der Waals surface area (Å²) in [6.07, 6.45) is 0.855. The molecule has 7 nitrogen and oxygen atoms in total. The minimum Gasteiger partial charge on any atom is -0.382 e. The molecule has 0 bridgehead atoms. The van der Waals surface area contributed by atoms with Gasteiger partial charge in [0.15, 0.2) is 5.96 Å². The molecule has 0 atom stereocenters. The predicted octanol–water partition coefficient (Wildman–Crippen LogP) is 1.87. The number of carbonyl (C=O) groups excluding carboxylic acids is 1. The van der Waals surface area contributed by atoms with E-state index in [0.29, 0.717) is 38.9 Å². The van der Waals surface area contributed by atoms with Gasteiger partial charge in [0, 0.05) is 40.4 Å². The molecule has 1 aromatic rings. The fourth-order valence-corrected chi connectivity index (χ4v) is 2.30. The maximum atomic E-state index is 12.4. The van der Waals surface area contributed by atoms with Gasteiger partial charge in [-0.15, -0.1) is 24.0 Å². The zero-order valence-corrected chi connectivity index (χ0v) is 18.9. The number of likely N-dealkylation sites (N-methyl/N-ethyl adjacent to an activating group) is 1. The zero-order chi connectivity index (χ0) is 19.0. The van der Waals surface area contributed by atoms with Gasteiger partial charge in [-0.05, 0) is 18.9 Å². The summed E-state index contributed by atoms with van der Waals surface area (Å²) in [6.45, 7) is 6.07. The molecule has 27 heavy (non-hydrogen) atoms. The number of rotatable bonds is 12. The average Bonchev–Trinajstić information content (AvgIpc) is 2.68. The Bertz CT molecular complexity index is 529. The Morgan fingerprint density at radius 1 is 1.15 bits per heavy atom. The van der Waals surface area contributed by atoms with E-state index < -0.39 is 0 Å². The molecule has 1 aromatic carbocycles. The Hall–Kier alpha value is -1.39. The number of nitrogens with one attached hydrogen (secondary N) is 2. The smallest absolute Gasteiger partial charge is 0.242 e. The van der Waals surface area contributed by atoms with Gasteiger partial charge in [0.2, 0.25) is 5.91 Å². The van der Waals surface area contributed by atoms with Crippen LogP contribution in [0.2, 0.25) is 0 Å². The topological polar surface area (TPSA) is 75.2 Å². The van der Waals surface area contributed by atoms with Gasteiger partial charge in [0.25, 0.3) is 0 Å². The normalized spacial score (nSPS) is 10.9. The number of halogens is 1. The van der Waals surface area contributed by atoms with E-state index in [-0.39, 0.29) is 36.4 Å². The van der Waals surface area contributed by atoms with Crippen LogP contribution in [0.25, 0.3) is 0 Å². The third kappa shape index (κ3) is 11.8. The summed E-state index contributed by atoms with van der Waals surface area (Å²) in [5.74, 6) is 0.660. The molecule has 0 spiro atoms. The lowest BCUT2D eigenvalue weighted by molar-refractivity contribution is -0.130. The highest BCUT2D eigenvalue weighted by Crippen LogP contribution is 2.04. The average molecular weight is 492 g/mol. The van der Waals surface area contributed by atoms with Crippen molar-refractivity contribution in [3.8, 4) is 0 Å². The molecule has 0 radical (unpaired) electrons. The van der Waals surface area contributed by atoms with Gasteiger partial charge >= 0.3 is 0 Å². The Morgan fingerprint density at radius 3 is 2.52 bits per heavy atom. The summed E-state index contributed by atoms with van der Waals surface area (Å²) in [5, 5.41) is 6.25. The lowest BCUT2D eigenvalue weighted by Gasteiger charge is -2.22. The first kappa shape index (κ1) is 25.6. The molecule has 0 aliphatic heterocycles. The van der Waals surface area contributed by atoms with Gasteiger partial charge in [0.1, 0.15) is 0 Å². The van der Waals surface area contributed by atoms with E-state index in [1.165, 1.54) is 0 Å². The molecule has 154 valence electrons. The third-order valence-corrected chi connectivity index (χ3v) is 3.77. The van der Waals surface area contributed by atoms with E-state index in [9.17, 15) is 4.79 Å². The van der Waals surface area contributed by atoms with Crippen molar-refractivity contribution in [2.75, 3.05) is 53.6 Å². The number of nitrogens with zero attached hydrogens (tertiary/aromatic N) is 2. The molecule has 8 heteroatoms. The van der Waals surface area contributed by atoms with Crippen molar-refractivity contribution in [1.82, 2.24) is 15.5 Å². The Balaban J connectivity index is 0.00000676. The van der Waals surface area contributed by atoms with Gasteiger partial charge in [-0.1, -0.05) is 30.3 Å². The quantitative estimate of drug-likeness (QED) is 0.202. The second kappa shape index (κ2) is 16.8. The number of benzene rings is 1. The van der Waals surface area contributed by atoms with Gasteiger partial charge in [-0.2, -0.15) is 0 Å². The first-order valence-corrected chi connectivity index (χ1v) is 9.04. The summed E-state index contributed by atoms with van der Waals surface area (Å²) >= 11 is 0. The minimum absolute atomic E-state index is 0. The van der Waals surface area contributed by atoms with Crippen LogP contribution in [0.3, 0.4) is 0 Å². The summed E-state index contributed by atoms with van der Waals surface area (Å²) < 4.78 is 10.3. The summed E-state index contributed by atoms with van der Waals surface area (Å²) in [6, 6.07) is 9.99. The summed E-state index contributed by atoms with van der Waals surface area (Å²) in [4.78, 5) is 18.4. The van der Waals surface area contributed by atoms with Crippen LogP contribution in [0.15, 0.2) is 35.3 Å². The van der Waals surface area contributed by atoms with Gasteiger partial charge in [-0.25, -0.2) is 0 Å². The minimum atomic E-state index is 0. The molecular formula is C19H33IN4O3. The van der Waals surface area contributed by atoms with E-state index in [1.54, 1.807) is 14.2 Å². The number of carbonyl (C=O) groups is 1. The Kier molecular flexibility index (Phi) is 15.9. The number of hydrogen-bond donors (Lipinski definition) is 2. The maximum absolute atomic E-state index is 12.4. The molecule has 0 fully saturated rings. The molecule has 0 saturated heterocycles. The number of aliphatic imine (C=N–C) groups is 1. The van der Waals surface area contributed by atoms with Crippen molar-refractivity contribution < 1.29 is 14.3 Å². The van der Waals surface area contributed by atoms with Gasteiger partial charge in [-0.3, -0.25) is 9.79 Å². The molecule has 0 saturated carbocycles. The van der Waals surface area contributed by atoms with Crippen molar-refractivity contribution in [3.05, 3.63) is 35.9 Å². The van der Waals surface area contributed by atoms with Crippen LogP contribution in [0.5, 0.6) is 0 Å². The van der Waals surface area contributed by atoms with Crippen LogP contribution in [0.1, 0.15) is 18.9 Å². The van der Waals surface area contributed by atoms with Crippen LogP contribution in [-0.2, 0) is 20.8 Å². The van der Waals surface area contributed by atoms with Crippen molar-refractivity contribution in [2.24, 2.45) is 4.99 Å². The molecule has 0 heterocycles. The number of ether oxygens (including phenoxy) is 2. The van der Waals surface area contributed by atoms with Gasteiger partial charge in [0.05, 0.1) is 19.8 Å². The van der Waals surface area contributed by atoms with E-state index >= 15 is 0 Å². The lowest BCUT2D eigenvalue weighted by atomic mass is 10.2. The molecule has 0 aromatic heterocycles. The highest BCUT2D eigenvalue weighted by Gasteiger charge is 2.12. The molecule has 0 aliphatic carbocycles. The second-order valence-electron chi connectivity index (χ2n) is 5.70. The maximum Gasteiger partial charge on any atom is 0.242 e. The largest absolute Gasteiger partial charge is 0.382 e. The molecule has 1 amide bonds. The second-order valence-corrected chi connectivity index (χ2v) is 5.70. The van der Waals surface area contributed by atoms with Crippen LogP contribution >= 0.6 is 24.0 Å². The van der Waals surface area contributed by atoms with E-state index in [4.69, 9.17) is 9.47 Å². The fourth-order valence-electron chi connectivity index (χ4n) is 2.30. The van der Waals surface area contributed by atoms with Crippen LogP contribution in [0.4, 0.5) is 0 Å². The number of hydrogen-bond acceptors (Lipinski definition) is 4. The number of amides is 1. The highest BCUT2D eigenvalue weighted by atomic mass is 127. The molecular weight excluding hydrogens is 459 g/mol. The van der Waals surface area contributed by atoms with Crippen LogP contribution < -0.4 is 10.6 Å². The fraction of sp³-hybridized carbons (Fsp3) is 0.579. The molecule has 2 N–H and O–H groups in total. The van der Waals surface area contributed by atoms with Crippen LogP contribution in [0, 0.1) is 0 Å². The Labute approximate surface area is 179 Å². The highest BCUT2D eigenvalue weighted by molar-refractivity contribution is 14.0. The lowest BCUT2D eigenvalue weighted by Crippen LogP contribution is -2.44. The van der Waals surface area contributed by atoms with E-state index in [1.807, 2.05) is 42.2 Å². The molecule has 0 aliphatic rings. The Morgan fingerprint density at radius 2 is 1.89 bits per heavy atom. The van der Waals surface area contributed by atoms with E-state index in [2.05, 4.69) is 15.6 Å². The van der Waals surface area contributed by atoms with E-state index in [0.717, 1.165) is 18.5 Å². The van der Waals surface area contributed by atoms with Crippen molar-refractivity contribution in [1.29, 1.82) is 0 Å². The summed E-state index contributed by atoms with van der Waals surface area (Å²) in [5.41, 5.74) is 1.12. The standard InChI is InChI=1S/C19H32N4O3.HI/c1-4-23(16-17-9-6-5-7-10-17)18(24)15-22-19(20-2)21-11-8-12-26-14-13-25-3;/h5-7,9-10H,4,8,11-16H2,1-3H3,(H2,20,21,22);1H. The predicted molar refractivity (Wildman–Crippen MR) is 120 cm³/mol. The van der Waals surface area contributed by atoms with Gasteiger partial charge < -0.3 is 25.0 Å². The zero-order valence-electron chi connectivity index (χ0n) is 16.6. The van der Waals surface area contributed by atoms with Crippen molar-refractivity contribution in [3.63, 3.8) is 0 Å². The third-order valence-electron chi connectivity index (χ3n) is 3.77. The van der Waals surface area contributed by atoms with Crippen LogP contribution in [-0.4, -0.2) is 70.4 Å². The van der Waals surface area contributed by atoms with Crippen molar-refractivity contribution in [2.45, 2.75) is 19.9 Å². The van der Waals surface area contributed by atoms with Crippen molar-refractivity contribution >= 4 is 35.8 Å². The molecule has 1 rings (SSSR count). The summed E-state index contributed by atoms with van der Waals surface area (Å²) in [7, 11) is 3.35. The first-order valence-electron chi connectivity index (χ1n) is 9.04. The first-order chi connectivity index (χ1) is 12.7. The SMILES string of the molecule is CCN(Cc1ccccc1)C(=O)CNC(=NC)NCCCOCCOC.I. The monoisotopic (exact) mass is 492 g/mol.